The van der Waals surface area contributed by atoms with Crippen molar-refractivity contribution in [2.24, 2.45) is 0 Å². The fourth-order valence-corrected chi connectivity index (χ4v) is 1.99. The molecular formula is C10H7F3INO. The summed E-state index contributed by atoms with van der Waals surface area (Å²) in [5, 5.41) is 0. The van der Waals surface area contributed by atoms with Crippen molar-refractivity contribution in [3.05, 3.63) is 33.1 Å². The minimum Gasteiger partial charge on any atom is -0.326 e. The highest BCUT2D eigenvalue weighted by molar-refractivity contribution is 14.1. The number of benzene rings is 1. The van der Waals surface area contributed by atoms with E-state index >= 15 is 0 Å². The second kappa shape index (κ2) is 3.90. The Morgan fingerprint density at radius 3 is 2.56 bits per heavy atom. The summed E-state index contributed by atoms with van der Waals surface area (Å²) in [6.45, 7) is -1.26. The number of carbonyl (C=O) groups is 1. The van der Waals surface area contributed by atoms with Gasteiger partial charge in [0, 0.05) is 3.57 Å². The molecule has 1 aliphatic heterocycles. The summed E-state index contributed by atoms with van der Waals surface area (Å²) in [7, 11) is 0. The van der Waals surface area contributed by atoms with Crippen molar-refractivity contribution in [2.75, 3.05) is 13.1 Å². The van der Waals surface area contributed by atoms with Gasteiger partial charge in [0.15, 0.2) is 0 Å². The zero-order valence-electron chi connectivity index (χ0n) is 8.01. The quantitative estimate of drug-likeness (QED) is 0.719. The molecular weight excluding hydrogens is 334 g/mol. The molecule has 0 unspecified atom stereocenters. The number of likely N-dealkylation sites (tertiary alicyclic amines) is 1. The Kier molecular flexibility index (Phi) is 2.85. The highest BCUT2D eigenvalue weighted by Gasteiger charge is 2.46. The van der Waals surface area contributed by atoms with E-state index in [1.54, 1.807) is 22.6 Å². The Balaban J connectivity index is 2.20. The maximum atomic E-state index is 13.5. The van der Waals surface area contributed by atoms with Crippen LogP contribution in [0, 0.1) is 9.39 Å². The first-order valence-corrected chi connectivity index (χ1v) is 5.60. The van der Waals surface area contributed by atoms with E-state index in [4.69, 9.17) is 0 Å². The molecule has 1 aliphatic rings. The first-order valence-electron chi connectivity index (χ1n) is 4.52. The van der Waals surface area contributed by atoms with E-state index in [1.807, 2.05) is 0 Å². The van der Waals surface area contributed by atoms with Crippen molar-refractivity contribution in [1.82, 2.24) is 4.90 Å². The summed E-state index contributed by atoms with van der Waals surface area (Å²) in [6.07, 6.45) is 0. The van der Waals surface area contributed by atoms with E-state index in [0.29, 0.717) is 3.57 Å². The summed E-state index contributed by atoms with van der Waals surface area (Å²) in [4.78, 5) is 12.6. The first kappa shape index (κ1) is 11.7. The summed E-state index contributed by atoms with van der Waals surface area (Å²) in [5.74, 6) is -4.15. The third-order valence-corrected chi connectivity index (χ3v) is 3.15. The molecule has 1 aromatic rings. The van der Waals surface area contributed by atoms with Crippen LogP contribution >= 0.6 is 22.6 Å². The van der Waals surface area contributed by atoms with Gasteiger partial charge in [0.05, 0.1) is 18.7 Å². The first-order chi connectivity index (χ1) is 7.41. The number of halogens is 4. The number of alkyl halides is 2. The molecule has 0 spiro atoms. The van der Waals surface area contributed by atoms with Gasteiger partial charge in [-0.3, -0.25) is 4.79 Å². The fourth-order valence-electron chi connectivity index (χ4n) is 1.50. The average Bonchev–Trinajstić information content (AvgIpc) is 2.17. The molecule has 6 heteroatoms. The maximum absolute atomic E-state index is 13.5. The Morgan fingerprint density at radius 1 is 1.38 bits per heavy atom. The van der Waals surface area contributed by atoms with Gasteiger partial charge in [-0.25, -0.2) is 13.2 Å². The molecule has 0 radical (unpaired) electrons. The summed E-state index contributed by atoms with van der Waals surface area (Å²) >= 11 is 1.75. The normalized spacial score (nSPS) is 18.1. The molecule has 2 nitrogen and oxygen atoms in total. The second-order valence-corrected chi connectivity index (χ2v) is 4.78. The van der Waals surface area contributed by atoms with Gasteiger partial charge in [-0.1, -0.05) is 6.07 Å². The molecule has 1 heterocycles. The van der Waals surface area contributed by atoms with Crippen LogP contribution in [-0.4, -0.2) is 29.8 Å². The summed E-state index contributed by atoms with van der Waals surface area (Å²) in [6, 6.07) is 4.34. The Morgan fingerprint density at radius 2 is 2.00 bits per heavy atom. The third kappa shape index (κ3) is 2.02. The van der Waals surface area contributed by atoms with E-state index in [9.17, 15) is 18.0 Å². The van der Waals surface area contributed by atoms with E-state index in [2.05, 4.69) is 0 Å². The summed E-state index contributed by atoms with van der Waals surface area (Å²) < 4.78 is 38.9. The highest BCUT2D eigenvalue weighted by atomic mass is 127. The van der Waals surface area contributed by atoms with Crippen LogP contribution in [0.1, 0.15) is 10.4 Å². The smallest absolute Gasteiger partial charge is 0.282 e. The SMILES string of the molecule is O=C(c1cccc(I)c1F)N1CC(F)(F)C1. The van der Waals surface area contributed by atoms with Crippen LogP contribution in [0.25, 0.3) is 0 Å². The van der Waals surface area contributed by atoms with E-state index in [0.717, 1.165) is 4.90 Å². The lowest BCUT2D eigenvalue weighted by molar-refractivity contribution is -0.113. The molecule has 1 amide bonds. The van der Waals surface area contributed by atoms with Crippen LogP contribution in [0.15, 0.2) is 18.2 Å². The lowest BCUT2D eigenvalue weighted by Gasteiger charge is -2.38. The van der Waals surface area contributed by atoms with Crippen LogP contribution in [0.2, 0.25) is 0 Å². The summed E-state index contributed by atoms with van der Waals surface area (Å²) in [5.41, 5.74) is -0.151. The largest absolute Gasteiger partial charge is 0.326 e. The van der Waals surface area contributed by atoms with Gasteiger partial charge >= 0.3 is 0 Å². The topological polar surface area (TPSA) is 20.3 Å². The van der Waals surface area contributed by atoms with Crippen LogP contribution in [0.5, 0.6) is 0 Å². The van der Waals surface area contributed by atoms with Crippen LogP contribution in [0.4, 0.5) is 13.2 Å². The number of rotatable bonds is 1. The molecule has 0 atom stereocenters. The Hall–Kier alpha value is -0.790. The van der Waals surface area contributed by atoms with Crippen LogP contribution < -0.4 is 0 Å². The average molecular weight is 341 g/mol. The maximum Gasteiger partial charge on any atom is 0.282 e. The molecule has 0 N–H and O–H groups in total. The van der Waals surface area contributed by atoms with Gasteiger partial charge in [-0.2, -0.15) is 0 Å². The van der Waals surface area contributed by atoms with Gasteiger partial charge in [-0.05, 0) is 34.7 Å². The molecule has 1 fully saturated rings. The van der Waals surface area contributed by atoms with Gasteiger partial charge in [-0.15, -0.1) is 0 Å². The predicted octanol–water partition coefficient (Wildman–Crippen LogP) is 2.52. The predicted molar refractivity (Wildman–Crippen MR) is 60.0 cm³/mol. The molecule has 16 heavy (non-hydrogen) atoms. The zero-order valence-corrected chi connectivity index (χ0v) is 10.2. The number of hydrogen-bond donors (Lipinski definition) is 0. The molecule has 86 valence electrons. The molecule has 0 aromatic heterocycles. The van der Waals surface area contributed by atoms with Crippen molar-refractivity contribution >= 4 is 28.5 Å². The molecule has 1 saturated heterocycles. The number of nitrogens with zero attached hydrogens (tertiary/aromatic N) is 1. The standard InChI is InChI=1S/C10H7F3INO/c11-8-6(2-1-3-7(8)14)9(16)15-4-10(12,13)5-15/h1-3H,4-5H2. The minimum atomic E-state index is -2.83. The lowest BCUT2D eigenvalue weighted by Crippen LogP contribution is -2.58. The molecule has 0 bridgehead atoms. The number of hydrogen-bond acceptors (Lipinski definition) is 1. The van der Waals surface area contributed by atoms with E-state index in [-0.39, 0.29) is 5.56 Å². The fraction of sp³-hybridized carbons (Fsp3) is 0.300. The van der Waals surface area contributed by atoms with Crippen molar-refractivity contribution in [1.29, 1.82) is 0 Å². The van der Waals surface area contributed by atoms with Gasteiger partial charge in [0.2, 0.25) is 0 Å². The molecule has 0 aliphatic carbocycles. The van der Waals surface area contributed by atoms with Crippen molar-refractivity contribution in [3.8, 4) is 0 Å². The van der Waals surface area contributed by atoms with Crippen LogP contribution in [0.3, 0.4) is 0 Å². The van der Waals surface area contributed by atoms with Crippen molar-refractivity contribution in [2.45, 2.75) is 5.92 Å². The van der Waals surface area contributed by atoms with Crippen molar-refractivity contribution < 1.29 is 18.0 Å². The minimum absolute atomic E-state index is 0.151. The monoisotopic (exact) mass is 341 g/mol. The Labute approximate surface area is 104 Å². The van der Waals surface area contributed by atoms with Crippen molar-refractivity contribution in [3.63, 3.8) is 0 Å². The zero-order chi connectivity index (χ0) is 11.9. The van der Waals surface area contributed by atoms with Gasteiger partial charge in [0.25, 0.3) is 11.8 Å². The van der Waals surface area contributed by atoms with E-state index < -0.39 is 30.7 Å². The van der Waals surface area contributed by atoms with Gasteiger partial charge < -0.3 is 4.90 Å². The molecule has 1 aromatic carbocycles. The second-order valence-electron chi connectivity index (χ2n) is 3.62. The number of amides is 1. The third-order valence-electron chi connectivity index (χ3n) is 2.31. The highest BCUT2D eigenvalue weighted by Crippen LogP contribution is 2.28. The van der Waals surface area contributed by atoms with E-state index in [1.165, 1.54) is 18.2 Å². The van der Waals surface area contributed by atoms with Crippen LogP contribution in [-0.2, 0) is 0 Å². The molecule has 2 rings (SSSR count). The lowest BCUT2D eigenvalue weighted by atomic mass is 10.1. The molecule has 0 saturated carbocycles. The number of carbonyl (C=O) groups excluding carboxylic acids is 1. The van der Waals surface area contributed by atoms with Gasteiger partial charge in [0.1, 0.15) is 5.82 Å². The Bertz CT molecular complexity index is 442.